The normalized spacial score (nSPS) is 25.4. The molecular weight excluding hydrogens is 440 g/mol. The van der Waals surface area contributed by atoms with E-state index in [2.05, 4.69) is 43.1 Å². The fourth-order valence-corrected chi connectivity index (χ4v) is 4.72. The van der Waals surface area contributed by atoms with Crippen LogP contribution in [0.2, 0.25) is 5.02 Å². The first-order valence-corrected chi connectivity index (χ1v) is 11.6. The van der Waals surface area contributed by atoms with E-state index in [1.165, 1.54) is 13.3 Å². The fourth-order valence-electron chi connectivity index (χ4n) is 4.43. The van der Waals surface area contributed by atoms with Crippen molar-refractivity contribution in [3.8, 4) is 11.5 Å². The van der Waals surface area contributed by atoms with E-state index in [9.17, 15) is 5.11 Å². The van der Waals surface area contributed by atoms with Crippen molar-refractivity contribution >= 4 is 23.5 Å². The van der Waals surface area contributed by atoms with Crippen LogP contribution in [0.5, 0.6) is 11.5 Å². The highest BCUT2D eigenvalue weighted by Crippen LogP contribution is 2.45. The van der Waals surface area contributed by atoms with Gasteiger partial charge in [0.05, 0.1) is 17.8 Å². The van der Waals surface area contributed by atoms with Gasteiger partial charge in [-0.3, -0.25) is 4.99 Å². The van der Waals surface area contributed by atoms with Crippen LogP contribution in [0.1, 0.15) is 57.2 Å². The molecule has 0 amide bonds. The summed E-state index contributed by atoms with van der Waals surface area (Å²) in [7, 11) is 3.13. The lowest BCUT2D eigenvalue weighted by Crippen LogP contribution is -2.40. The maximum absolute atomic E-state index is 10.9. The second-order valence-corrected chi connectivity index (χ2v) is 9.32. The monoisotopic (exact) mass is 476 g/mol. The lowest BCUT2D eigenvalue weighted by Gasteiger charge is -2.43. The second-order valence-electron chi connectivity index (χ2n) is 8.94. The fraction of sp³-hybridized carbons (Fsp3) is 0.538. The molecule has 0 saturated heterocycles. The number of halogens is 1. The van der Waals surface area contributed by atoms with Crippen LogP contribution in [0.4, 0.5) is 0 Å². The van der Waals surface area contributed by atoms with Crippen molar-refractivity contribution in [2.45, 2.75) is 53.9 Å². The van der Waals surface area contributed by atoms with E-state index in [0.717, 1.165) is 24.1 Å². The van der Waals surface area contributed by atoms with E-state index in [4.69, 9.17) is 26.3 Å². The smallest absolute Gasteiger partial charge is 0.144 e. The Hall–Kier alpha value is -2.31. The van der Waals surface area contributed by atoms with Gasteiger partial charge in [0, 0.05) is 23.3 Å². The molecule has 0 heterocycles. The third kappa shape index (κ3) is 5.79. The Bertz CT molecular complexity index is 968. The highest BCUT2D eigenvalue weighted by molar-refractivity contribution is 6.33. The zero-order valence-electron chi connectivity index (χ0n) is 20.8. The van der Waals surface area contributed by atoms with E-state index >= 15 is 0 Å². The van der Waals surface area contributed by atoms with Crippen LogP contribution < -0.4 is 4.74 Å². The molecule has 7 heteroatoms. The molecular formula is C26H37ClN2O4. The van der Waals surface area contributed by atoms with Crippen LogP contribution in [0.3, 0.4) is 0 Å². The van der Waals surface area contributed by atoms with Gasteiger partial charge in [0.15, 0.2) is 0 Å². The van der Waals surface area contributed by atoms with Crippen molar-refractivity contribution in [1.82, 2.24) is 0 Å². The van der Waals surface area contributed by atoms with Gasteiger partial charge >= 0.3 is 0 Å². The molecule has 2 rings (SSSR count). The minimum atomic E-state index is -0.367. The van der Waals surface area contributed by atoms with Gasteiger partial charge in [-0.25, -0.2) is 0 Å². The average molecular weight is 477 g/mol. The summed E-state index contributed by atoms with van der Waals surface area (Å²) in [6, 6.07) is 0. The van der Waals surface area contributed by atoms with E-state index in [0.29, 0.717) is 39.8 Å². The number of hydrogen-bond acceptors (Lipinski definition) is 6. The third-order valence-corrected chi connectivity index (χ3v) is 7.58. The van der Waals surface area contributed by atoms with Gasteiger partial charge in [0.25, 0.3) is 0 Å². The molecule has 6 nitrogen and oxygen atoms in total. The number of rotatable bonds is 8. The molecule has 33 heavy (non-hydrogen) atoms. The number of methoxy groups -OCH3 is 1. The highest BCUT2D eigenvalue weighted by atomic mass is 35.5. The molecule has 0 aromatic heterocycles. The van der Waals surface area contributed by atoms with Crippen LogP contribution in [-0.2, 0) is 11.3 Å². The number of aliphatic imine (C=N–C) groups is 1. The number of nitrogens with zero attached hydrogens (tertiary/aromatic N) is 2. The number of aliphatic hydroxyl groups excluding tert-OH is 1. The molecule has 3 atom stereocenters. The number of phenolic OH excluding ortho intramolecular Hbond substituents is 1. The zero-order valence-corrected chi connectivity index (χ0v) is 21.5. The molecule has 1 aliphatic rings. The SMILES string of the molecule is CO/N=C1\CC[C@@H](C)[C@](C)(/C=C/C(C)=C/Cc2c(O)c(C=NCO)c(C)c(Cl)c2OC)[C@H]1C. The number of aromatic hydroxyl groups is 1. The van der Waals surface area contributed by atoms with Crippen LogP contribution in [-0.4, -0.2) is 43.1 Å². The highest BCUT2D eigenvalue weighted by Gasteiger charge is 2.41. The summed E-state index contributed by atoms with van der Waals surface area (Å²) in [6.07, 6.45) is 10.3. The minimum Gasteiger partial charge on any atom is -0.507 e. The molecule has 2 N–H and O–H groups in total. The lowest BCUT2D eigenvalue weighted by atomic mass is 9.61. The largest absolute Gasteiger partial charge is 0.507 e. The Morgan fingerprint density at radius 1 is 1.30 bits per heavy atom. The molecule has 0 bridgehead atoms. The van der Waals surface area contributed by atoms with Gasteiger partial charge in [0.2, 0.25) is 0 Å². The maximum Gasteiger partial charge on any atom is 0.144 e. The summed E-state index contributed by atoms with van der Waals surface area (Å²) in [5.74, 6) is 1.29. The predicted molar refractivity (Wildman–Crippen MR) is 136 cm³/mol. The van der Waals surface area contributed by atoms with Crippen LogP contribution in [0.25, 0.3) is 0 Å². The van der Waals surface area contributed by atoms with Crippen LogP contribution in [0.15, 0.2) is 33.9 Å². The van der Waals surface area contributed by atoms with Crippen LogP contribution >= 0.6 is 11.6 Å². The molecule has 0 spiro atoms. The summed E-state index contributed by atoms with van der Waals surface area (Å²) in [4.78, 5) is 8.91. The molecule has 0 unspecified atom stereocenters. The Morgan fingerprint density at radius 3 is 2.61 bits per heavy atom. The standard InChI is InChI=1S/C26H37ClN2O4/c1-16(12-13-26(5)17(2)9-11-22(19(26)4)29-33-7)8-10-20-24(31)21(14-28-15-30)18(3)23(27)25(20)32-6/h8,12-14,17,19,30-31H,9-11,15H2,1-7H3/b13-12+,16-8+,28-14?,29-22+/t17-,19+,26+/m1/s1. The number of allylic oxidation sites excluding steroid dienone is 4. The van der Waals surface area contributed by atoms with E-state index in [1.54, 1.807) is 14.0 Å². The molecule has 1 aliphatic carbocycles. The Kier molecular flexibility index (Phi) is 9.56. The van der Waals surface area contributed by atoms with Gasteiger partial charge in [-0.05, 0) is 50.0 Å². The second kappa shape index (κ2) is 11.7. The molecule has 1 saturated carbocycles. The summed E-state index contributed by atoms with van der Waals surface area (Å²) in [5, 5.41) is 24.6. The van der Waals surface area contributed by atoms with Crippen molar-refractivity contribution in [1.29, 1.82) is 0 Å². The molecule has 0 aliphatic heterocycles. The summed E-state index contributed by atoms with van der Waals surface area (Å²) in [5.41, 5.74) is 3.84. The first-order valence-electron chi connectivity index (χ1n) is 11.3. The number of ether oxygens (including phenoxy) is 1. The van der Waals surface area contributed by atoms with Crippen molar-refractivity contribution in [2.24, 2.45) is 27.4 Å². The Balaban J connectivity index is 2.36. The third-order valence-electron chi connectivity index (χ3n) is 7.12. The van der Waals surface area contributed by atoms with E-state index in [-0.39, 0.29) is 23.8 Å². The lowest BCUT2D eigenvalue weighted by molar-refractivity contribution is 0.169. The number of hydrogen-bond donors (Lipinski definition) is 2. The average Bonchev–Trinajstić information content (AvgIpc) is 2.79. The Morgan fingerprint density at radius 2 is 2.00 bits per heavy atom. The molecule has 1 aromatic rings. The minimum absolute atomic E-state index is 0.0361. The molecule has 1 fully saturated rings. The predicted octanol–water partition coefficient (Wildman–Crippen LogP) is 5.85. The summed E-state index contributed by atoms with van der Waals surface area (Å²) < 4.78 is 5.51. The topological polar surface area (TPSA) is 83.6 Å². The van der Waals surface area contributed by atoms with Crippen molar-refractivity contribution < 1.29 is 19.8 Å². The zero-order chi connectivity index (χ0) is 24.8. The summed E-state index contributed by atoms with van der Waals surface area (Å²) in [6.45, 7) is 10.2. The Labute approximate surface area is 202 Å². The number of aliphatic hydroxyl groups is 1. The summed E-state index contributed by atoms with van der Waals surface area (Å²) >= 11 is 6.51. The van der Waals surface area contributed by atoms with Crippen molar-refractivity contribution in [2.75, 3.05) is 21.0 Å². The van der Waals surface area contributed by atoms with E-state index in [1.807, 2.05) is 13.0 Å². The van der Waals surface area contributed by atoms with Gasteiger partial charge in [-0.15, -0.1) is 0 Å². The first kappa shape index (κ1) is 26.9. The number of oxime groups is 1. The first-order chi connectivity index (χ1) is 15.6. The molecule has 182 valence electrons. The van der Waals surface area contributed by atoms with Crippen molar-refractivity contribution in [3.63, 3.8) is 0 Å². The molecule has 1 aromatic carbocycles. The maximum atomic E-state index is 10.9. The van der Waals surface area contributed by atoms with Gasteiger partial charge in [-0.1, -0.05) is 61.3 Å². The number of benzene rings is 1. The molecule has 0 radical (unpaired) electrons. The number of phenols is 1. The van der Waals surface area contributed by atoms with Crippen LogP contribution in [0, 0.1) is 24.2 Å². The van der Waals surface area contributed by atoms with Gasteiger partial charge < -0.3 is 19.8 Å². The van der Waals surface area contributed by atoms with Gasteiger partial charge in [0.1, 0.15) is 25.3 Å². The quantitative estimate of drug-likeness (QED) is 0.280. The van der Waals surface area contributed by atoms with E-state index < -0.39 is 0 Å². The van der Waals surface area contributed by atoms with Crippen molar-refractivity contribution in [3.05, 3.63) is 45.5 Å². The van der Waals surface area contributed by atoms with Gasteiger partial charge in [-0.2, -0.15) is 0 Å².